The van der Waals surface area contributed by atoms with Gasteiger partial charge in [-0.1, -0.05) is 30.4 Å². The molecule has 2 aliphatic rings. The zero-order valence-electron chi connectivity index (χ0n) is 10.3. The first kappa shape index (κ1) is 11.5. The van der Waals surface area contributed by atoms with Crippen LogP contribution in [0.25, 0.3) is 6.08 Å². The number of nitrogens with zero attached hydrogens (tertiary/aromatic N) is 1. The first-order valence-electron chi connectivity index (χ1n) is 6.55. The molecular formula is C15H17NO2. The molecule has 3 nitrogen and oxygen atoms in total. The van der Waals surface area contributed by atoms with Gasteiger partial charge in [0, 0.05) is 13.2 Å². The molecule has 1 aromatic carbocycles. The van der Waals surface area contributed by atoms with Crippen molar-refractivity contribution in [2.75, 3.05) is 18.1 Å². The highest BCUT2D eigenvalue weighted by molar-refractivity contribution is 5.98. The van der Waals surface area contributed by atoms with Gasteiger partial charge in [0.1, 0.15) is 6.10 Å². The molecule has 1 saturated heterocycles. The molecule has 2 aliphatic heterocycles. The number of anilines is 1. The van der Waals surface area contributed by atoms with Gasteiger partial charge in [-0.15, -0.1) is 0 Å². The minimum absolute atomic E-state index is 0.114. The molecule has 0 unspecified atom stereocenters. The van der Waals surface area contributed by atoms with Gasteiger partial charge in [0.25, 0.3) is 5.91 Å². The van der Waals surface area contributed by atoms with Gasteiger partial charge in [-0.05, 0) is 30.9 Å². The van der Waals surface area contributed by atoms with E-state index < -0.39 is 0 Å². The molecule has 1 amide bonds. The van der Waals surface area contributed by atoms with E-state index in [9.17, 15) is 4.79 Å². The van der Waals surface area contributed by atoms with E-state index in [1.165, 1.54) is 0 Å². The maximum Gasteiger partial charge on any atom is 0.256 e. The Balaban J connectivity index is 1.91. The molecule has 0 bridgehead atoms. The molecule has 1 atom stereocenters. The Labute approximate surface area is 107 Å². The molecule has 1 aromatic rings. The Morgan fingerprint density at radius 2 is 2.22 bits per heavy atom. The predicted molar refractivity (Wildman–Crippen MR) is 71.4 cm³/mol. The fourth-order valence-corrected chi connectivity index (χ4v) is 2.58. The van der Waals surface area contributed by atoms with Crippen molar-refractivity contribution in [2.24, 2.45) is 0 Å². The number of hydrogen-bond acceptors (Lipinski definition) is 2. The van der Waals surface area contributed by atoms with Crippen molar-refractivity contribution in [3.63, 3.8) is 0 Å². The van der Waals surface area contributed by atoms with Gasteiger partial charge in [-0.2, -0.15) is 0 Å². The molecule has 1 fully saturated rings. The van der Waals surface area contributed by atoms with Crippen LogP contribution in [0.15, 0.2) is 30.3 Å². The Morgan fingerprint density at radius 1 is 1.33 bits per heavy atom. The average molecular weight is 243 g/mol. The third-order valence-electron chi connectivity index (χ3n) is 3.52. The molecule has 18 heavy (non-hydrogen) atoms. The van der Waals surface area contributed by atoms with E-state index in [-0.39, 0.29) is 12.0 Å². The van der Waals surface area contributed by atoms with Gasteiger partial charge in [0.15, 0.2) is 0 Å². The number of amides is 1. The van der Waals surface area contributed by atoms with Crippen LogP contribution >= 0.6 is 0 Å². The van der Waals surface area contributed by atoms with Crippen molar-refractivity contribution in [2.45, 2.75) is 25.4 Å². The van der Waals surface area contributed by atoms with Gasteiger partial charge < -0.3 is 9.64 Å². The number of ether oxygens (including phenoxy) is 1. The standard InChI is InChI=1S/C15H17NO2/c17-15(14-9-5-11-18-14)16-10-4-3-7-12-6-1-2-8-13(12)16/h1-3,6-8,14H,4-5,9-11H2/t14-/m0/s1. The number of benzene rings is 1. The quantitative estimate of drug-likeness (QED) is 0.758. The van der Waals surface area contributed by atoms with Crippen LogP contribution in [0.2, 0.25) is 0 Å². The molecule has 0 saturated carbocycles. The monoisotopic (exact) mass is 243 g/mol. The van der Waals surface area contributed by atoms with Crippen molar-refractivity contribution in [3.05, 3.63) is 35.9 Å². The lowest BCUT2D eigenvalue weighted by atomic mass is 10.1. The van der Waals surface area contributed by atoms with Crippen LogP contribution in [-0.4, -0.2) is 25.2 Å². The van der Waals surface area contributed by atoms with Gasteiger partial charge >= 0.3 is 0 Å². The summed E-state index contributed by atoms with van der Waals surface area (Å²) in [6, 6.07) is 8.04. The first-order valence-corrected chi connectivity index (χ1v) is 6.55. The highest BCUT2D eigenvalue weighted by Gasteiger charge is 2.29. The number of para-hydroxylation sites is 1. The largest absolute Gasteiger partial charge is 0.368 e. The summed E-state index contributed by atoms with van der Waals surface area (Å²) in [6.45, 7) is 1.45. The number of hydrogen-bond donors (Lipinski definition) is 0. The SMILES string of the molecule is O=C([C@@H]1CCCO1)N1CCC=Cc2ccccc21. The summed E-state index contributed by atoms with van der Waals surface area (Å²) in [5.74, 6) is 0.114. The van der Waals surface area contributed by atoms with Crippen LogP contribution in [0.3, 0.4) is 0 Å². The van der Waals surface area contributed by atoms with Crippen molar-refractivity contribution in [3.8, 4) is 0 Å². The number of carbonyl (C=O) groups excluding carboxylic acids is 1. The topological polar surface area (TPSA) is 29.5 Å². The normalized spacial score (nSPS) is 22.7. The summed E-state index contributed by atoms with van der Waals surface area (Å²) in [6.07, 6.45) is 6.72. The van der Waals surface area contributed by atoms with Crippen LogP contribution in [0.5, 0.6) is 0 Å². The highest BCUT2D eigenvalue weighted by Crippen LogP contribution is 2.27. The molecule has 0 spiro atoms. The van der Waals surface area contributed by atoms with Crippen molar-refractivity contribution in [1.82, 2.24) is 0 Å². The Bertz CT molecular complexity index is 475. The summed E-state index contributed by atoms with van der Waals surface area (Å²) < 4.78 is 5.51. The third-order valence-corrected chi connectivity index (χ3v) is 3.52. The second kappa shape index (κ2) is 4.94. The lowest BCUT2D eigenvalue weighted by Gasteiger charge is -2.25. The van der Waals surface area contributed by atoms with Gasteiger partial charge in [0.2, 0.25) is 0 Å². The van der Waals surface area contributed by atoms with Gasteiger partial charge in [0.05, 0.1) is 5.69 Å². The molecule has 0 N–H and O–H groups in total. The second-order valence-electron chi connectivity index (χ2n) is 4.74. The fraction of sp³-hybridized carbons (Fsp3) is 0.400. The van der Waals surface area contributed by atoms with E-state index in [0.29, 0.717) is 6.61 Å². The van der Waals surface area contributed by atoms with E-state index in [2.05, 4.69) is 12.2 Å². The fourth-order valence-electron chi connectivity index (χ4n) is 2.58. The Kier molecular flexibility index (Phi) is 3.15. The van der Waals surface area contributed by atoms with E-state index >= 15 is 0 Å². The Hall–Kier alpha value is -1.61. The van der Waals surface area contributed by atoms with Crippen molar-refractivity contribution >= 4 is 17.7 Å². The molecule has 3 rings (SSSR count). The summed E-state index contributed by atoms with van der Waals surface area (Å²) in [5.41, 5.74) is 2.12. The Morgan fingerprint density at radius 3 is 3.06 bits per heavy atom. The average Bonchev–Trinajstić information content (AvgIpc) is 2.85. The number of rotatable bonds is 1. The molecule has 94 valence electrons. The number of fused-ring (bicyclic) bond motifs is 1. The number of carbonyl (C=O) groups is 1. The third kappa shape index (κ3) is 2.06. The van der Waals surface area contributed by atoms with Crippen LogP contribution in [0, 0.1) is 0 Å². The summed E-state index contributed by atoms with van der Waals surface area (Å²) in [7, 11) is 0. The zero-order chi connectivity index (χ0) is 12.4. The highest BCUT2D eigenvalue weighted by atomic mass is 16.5. The van der Waals surface area contributed by atoms with Gasteiger partial charge in [-0.3, -0.25) is 4.79 Å². The molecule has 2 heterocycles. The van der Waals surface area contributed by atoms with E-state index in [1.54, 1.807) is 0 Å². The van der Waals surface area contributed by atoms with Crippen LogP contribution in [0.4, 0.5) is 5.69 Å². The summed E-state index contributed by atoms with van der Waals surface area (Å²) in [5, 5.41) is 0. The molecule has 0 radical (unpaired) electrons. The minimum atomic E-state index is -0.240. The van der Waals surface area contributed by atoms with Crippen LogP contribution < -0.4 is 4.90 Å². The first-order chi connectivity index (χ1) is 8.86. The van der Waals surface area contributed by atoms with E-state index in [1.807, 2.05) is 29.2 Å². The molecular weight excluding hydrogens is 226 g/mol. The maximum atomic E-state index is 12.5. The maximum absolute atomic E-state index is 12.5. The predicted octanol–water partition coefficient (Wildman–Crippen LogP) is 2.62. The molecule has 0 aliphatic carbocycles. The second-order valence-corrected chi connectivity index (χ2v) is 4.74. The summed E-state index contributed by atoms with van der Waals surface area (Å²) in [4.78, 5) is 14.4. The van der Waals surface area contributed by atoms with Crippen molar-refractivity contribution < 1.29 is 9.53 Å². The zero-order valence-corrected chi connectivity index (χ0v) is 10.3. The lowest BCUT2D eigenvalue weighted by molar-refractivity contribution is -0.127. The van der Waals surface area contributed by atoms with Gasteiger partial charge in [-0.25, -0.2) is 0 Å². The van der Waals surface area contributed by atoms with E-state index in [0.717, 1.165) is 37.1 Å². The van der Waals surface area contributed by atoms with E-state index in [4.69, 9.17) is 4.74 Å². The lowest BCUT2D eigenvalue weighted by Crippen LogP contribution is -2.39. The van der Waals surface area contributed by atoms with Crippen LogP contribution in [-0.2, 0) is 9.53 Å². The smallest absolute Gasteiger partial charge is 0.256 e. The minimum Gasteiger partial charge on any atom is -0.368 e. The van der Waals surface area contributed by atoms with Crippen molar-refractivity contribution in [1.29, 1.82) is 0 Å². The molecule has 3 heteroatoms. The molecule has 0 aromatic heterocycles. The van der Waals surface area contributed by atoms with Crippen LogP contribution in [0.1, 0.15) is 24.8 Å². The summed E-state index contributed by atoms with van der Waals surface area (Å²) >= 11 is 0.